The molecule has 7 heteroatoms. The van der Waals surface area contributed by atoms with E-state index in [-0.39, 0.29) is 5.75 Å². The van der Waals surface area contributed by atoms with E-state index in [1.165, 1.54) is 55.1 Å². The fourth-order valence-corrected chi connectivity index (χ4v) is 7.57. The van der Waals surface area contributed by atoms with Crippen LogP contribution < -0.4 is 0 Å². The molecule has 0 bridgehead atoms. The Morgan fingerprint density at radius 2 is 1.78 bits per heavy atom. The van der Waals surface area contributed by atoms with Gasteiger partial charge in [-0.3, -0.25) is 4.79 Å². The average molecular weight is 383 g/mol. The molecule has 0 atom stereocenters. The highest BCUT2D eigenvalue weighted by atomic mass is 32.2. The van der Waals surface area contributed by atoms with Gasteiger partial charge >= 0.3 is 0 Å². The van der Waals surface area contributed by atoms with Crippen molar-refractivity contribution >= 4 is 38.6 Å². The minimum Gasteiger partial charge on any atom is -0.748 e. The van der Waals surface area contributed by atoms with Crippen LogP contribution in [0.4, 0.5) is 0 Å². The lowest BCUT2D eigenvalue weighted by molar-refractivity contribution is -0.121. The van der Waals surface area contributed by atoms with Crippen molar-refractivity contribution in [3.63, 3.8) is 0 Å². The minimum atomic E-state index is -3.94. The number of carbonyl (C=O) groups excluding carboxylic acids is 1. The molecule has 0 radical (unpaired) electrons. The van der Waals surface area contributed by atoms with E-state index in [2.05, 4.69) is 11.8 Å². The van der Waals surface area contributed by atoms with Gasteiger partial charge in [0.25, 0.3) is 0 Å². The fraction of sp³-hybridized carbons (Fsp3) is 0.938. The van der Waals surface area contributed by atoms with Crippen LogP contribution in [0.25, 0.3) is 0 Å². The van der Waals surface area contributed by atoms with Crippen LogP contribution in [-0.2, 0) is 25.8 Å². The Morgan fingerprint density at radius 1 is 1.17 bits per heavy atom. The predicted molar refractivity (Wildman–Crippen MR) is 100 cm³/mol. The summed E-state index contributed by atoms with van der Waals surface area (Å²) in [7, 11) is -3.48. The molecule has 0 aromatic heterocycles. The van der Waals surface area contributed by atoms with E-state index < -0.39 is 10.1 Å². The maximum Gasteiger partial charge on any atom is 0.184 e. The first kappa shape index (κ1) is 21.3. The van der Waals surface area contributed by atoms with Crippen LogP contribution in [0.1, 0.15) is 51.9 Å². The van der Waals surface area contributed by atoms with Crippen molar-refractivity contribution in [3.05, 3.63) is 0 Å². The minimum absolute atomic E-state index is 0.219. The number of ketones is 1. The van der Waals surface area contributed by atoms with E-state index in [1.807, 2.05) is 6.92 Å². The van der Waals surface area contributed by atoms with Gasteiger partial charge in [0.15, 0.2) is 11.5 Å². The zero-order valence-electron chi connectivity index (χ0n) is 14.1. The van der Waals surface area contributed by atoms with Crippen LogP contribution >= 0.6 is 11.8 Å². The summed E-state index contributed by atoms with van der Waals surface area (Å²) in [6.07, 6.45) is 7.54. The molecule has 1 saturated carbocycles. The van der Waals surface area contributed by atoms with E-state index in [4.69, 9.17) is 0 Å². The molecule has 4 nitrogen and oxygen atoms in total. The monoisotopic (exact) mass is 382 g/mol. The van der Waals surface area contributed by atoms with Crippen LogP contribution in [0.5, 0.6) is 0 Å². The Labute approximate surface area is 148 Å². The van der Waals surface area contributed by atoms with Crippen molar-refractivity contribution < 1.29 is 17.8 Å². The highest BCUT2D eigenvalue weighted by Crippen LogP contribution is 2.25. The number of hydrogen-bond acceptors (Lipinski definition) is 5. The molecule has 0 spiro atoms. The maximum atomic E-state index is 12.1. The second-order valence-corrected chi connectivity index (χ2v) is 11.3. The third kappa shape index (κ3) is 10.7. The van der Waals surface area contributed by atoms with Crippen LogP contribution in [0.15, 0.2) is 0 Å². The van der Waals surface area contributed by atoms with E-state index >= 15 is 0 Å². The van der Waals surface area contributed by atoms with Gasteiger partial charge in [0, 0.05) is 23.2 Å². The van der Waals surface area contributed by atoms with Crippen molar-refractivity contribution in [1.29, 1.82) is 0 Å². The molecule has 0 N–H and O–H groups in total. The highest BCUT2D eigenvalue weighted by Gasteiger charge is 2.30. The Balaban J connectivity index is 0.000000284. The summed E-state index contributed by atoms with van der Waals surface area (Å²) >= 11 is 2.06. The van der Waals surface area contributed by atoms with Gasteiger partial charge in [-0.25, -0.2) is 8.42 Å². The van der Waals surface area contributed by atoms with Crippen LogP contribution in [0.3, 0.4) is 0 Å². The van der Waals surface area contributed by atoms with Crippen molar-refractivity contribution in [3.8, 4) is 0 Å². The summed E-state index contributed by atoms with van der Waals surface area (Å²) in [5.41, 5.74) is 0. The Kier molecular flexibility index (Phi) is 10.9. The van der Waals surface area contributed by atoms with Crippen molar-refractivity contribution in [2.24, 2.45) is 5.92 Å². The Hall–Kier alpha value is 0.280. The third-order valence-corrected chi connectivity index (χ3v) is 8.73. The van der Waals surface area contributed by atoms with Gasteiger partial charge in [0.2, 0.25) is 0 Å². The Morgan fingerprint density at radius 3 is 2.26 bits per heavy atom. The zero-order chi connectivity index (χ0) is 17.1. The number of Topliss-reactive ketones (excluding diaryl/α,β-unsaturated/α-hetero) is 1. The van der Waals surface area contributed by atoms with Crippen molar-refractivity contribution in [2.75, 3.05) is 34.5 Å². The van der Waals surface area contributed by atoms with Gasteiger partial charge in [-0.2, -0.15) is 11.8 Å². The molecule has 1 aliphatic heterocycles. The molecule has 2 fully saturated rings. The summed E-state index contributed by atoms with van der Waals surface area (Å²) in [6.45, 7) is 1.84. The number of rotatable bonds is 6. The normalized spacial score (nSPS) is 20.6. The lowest BCUT2D eigenvalue weighted by atomic mass is 9.87. The van der Waals surface area contributed by atoms with E-state index in [0.717, 1.165) is 12.2 Å². The van der Waals surface area contributed by atoms with Gasteiger partial charge in [-0.15, -0.1) is 0 Å². The standard InChI is InChI=1S/C12H21OS2.C4H10O3S/c13-12(11-4-2-1-3-5-11)10-15-8-6-14-7-9-15;1-2-3-4-8(5,6)7/h11H,1-10H2;2-4H2,1H3,(H,5,6,7)/q+1;/p-1. The van der Waals surface area contributed by atoms with Crippen LogP contribution in [-0.4, -0.2) is 53.3 Å². The molecular weight excluding hydrogens is 352 g/mol. The second kappa shape index (κ2) is 11.8. The molecule has 1 saturated heterocycles. The molecule has 2 rings (SSSR count). The summed E-state index contributed by atoms with van der Waals surface area (Å²) < 4.78 is 29.5. The van der Waals surface area contributed by atoms with Gasteiger partial charge in [0.1, 0.15) is 11.5 Å². The first-order chi connectivity index (χ1) is 10.9. The number of hydrogen-bond donors (Lipinski definition) is 0. The maximum absolute atomic E-state index is 12.1. The molecule has 23 heavy (non-hydrogen) atoms. The Bertz CT molecular complexity index is 425. The van der Waals surface area contributed by atoms with E-state index in [0.29, 0.717) is 29.0 Å². The predicted octanol–water partition coefficient (Wildman–Crippen LogP) is 2.83. The molecule has 2 aliphatic rings. The molecule has 136 valence electrons. The second-order valence-electron chi connectivity index (χ2n) is 6.19. The van der Waals surface area contributed by atoms with Crippen molar-refractivity contribution in [2.45, 2.75) is 51.9 Å². The molecule has 1 aliphatic carbocycles. The van der Waals surface area contributed by atoms with Gasteiger partial charge < -0.3 is 4.55 Å². The smallest absolute Gasteiger partial charge is 0.184 e. The van der Waals surface area contributed by atoms with E-state index in [1.54, 1.807) is 0 Å². The average Bonchev–Trinajstić information content (AvgIpc) is 2.54. The SMILES string of the molecule is CCCCS(=O)(=O)[O-].O=C(C[S+]1CCSCC1)C1CCCCC1. The third-order valence-electron chi connectivity index (χ3n) is 4.19. The molecule has 0 amide bonds. The largest absolute Gasteiger partial charge is 0.748 e. The summed E-state index contributed by atoms with van der Waals surface area (Å²) in [5.74, 6) is 6.95. The number of unbranched alkanes of at least 4 members (excludes halogenated alkanes) is 1. The van der Waals surface area contributed by atoms with Crippen LogP contribution in [0, 0.1) is 5.92 Å². The lowest BCUT2D eigenvalue weighted by Gasteiger charge is -2.21. The molecule has 0 aromatic carbocycles. The molecule has 1 heterocycles. The number of thioether (sulfide) groups is 1. The summed E-state index contributed by atoms with van der Waals surface area (Å²) in [6, 6.07) is 0. The highest BCUT2D eigenvalue weighted by molar-refractivity contribution is 8.05. The summed E-state index contributed by atoms with van der Waals surface area (Å²) in [5, 5.41) is 0. The molecular formula is C16H30O4S3. The van der Waals surface area contributed by atoms with Gasteiger partial charge in [0.05, 0.1) is 10.1 Å². The molecule has 0 unspecified atom stereocenters. The van der Waals surface area contributed by atoms with Gasteiger partial charge in [-0.1, -0.05) is 32.6 Å². The first-order valence-electron chi connectivity index (χ1n) is 8.60. The van der Waals surface area contributed by atoms with E-state index in [9.17, 15) is 17.8 Å². The van der Waals surface area contributed by atoms with Crippen LogP contribution in [0.2, 0.25) is 0 Å². The quantitative estimate of drug-likeness (QED) is 0.522. The summed E-state index contributed by atoms with van der Waals surface area (Å²) in [4.78, 5) is 12.1. The topological polar surface area (TPSA) is 74.3 Å². The zero-order valence-corrected chi connectivity index (χ0v) is 16.6. The lowest BCUT2D eigenvalue weighted by Crippen LogP contribution is -2.31. The van der Waals surface area contributed by atoms with Crippen molar-refractivity contribution in [1.82, 2.24) is 0 Å². The first-order valence-corrected chi connectivity index (χ1v) is 13.1. The number of carbonyl (C=O) groups is 1. The fourth-order valence-electron chi connectivity index (χ4n) is 2.77. The molecule has 0 aromatic rings. The van der Waals surface area contributed by atoms with Gasteiger partial charge in [-0.05, 0) is 30.2 Å².